The first kappa shape index (κ1) is 20.3. The smallest absolute Gasteiger partial charge is 0.238 e. The number of nitrogens with one attached hydrogen (secondary N) is 1. The van der Waals surface area contributed by atoms with Gasteiger partial charge in [-0.1, -0.05) is 30.0 Å². The van der Waals surface area contributed by atoms with Crippen molar-refractivity contribution in [2.24, 2.45) is 7.05 Å². The van der Waals surface area contributed by atoms with Crippen LogP contribution in [-0.2, 0) is 16.6 Å². The number of aryl methyl sites for hydroxylation is 3. The van der Waals surface area contributed by atoms with E-state index in [0.717, 1.165) is 16.8 Å². The SMILES string of the molecule is Cc1cccc(C)c1NC(=O)CN1CCN(C(=O)CSc2nnnn2C)CC1. The third kappa shape index (κ3) is 5.08. The summed E-state index contributed by atoms with van der Waals surface area (Å²) in [5.74, 6) is 0.344. The number of carbonyl (C=O) groups is 2. The predicted octanol–water partition coefficient (Wildman–Crippen LogP) is 0.702. The number of para-hydroxylation sites is 1. The van der Waals surface area contributed by atoms with Crippen LogP contribution >= 0.6 is 11.8 Å². The lowest BCUT2D eigenvalue weighted by Gasteiger charge is -2.34. The van der Waals surface area contributed by atoms with E-state index in [1.807, 2.05) is 36.9 Å². The summed E-state index contributed by atoms with van der Waals surface area (Å²) < 4.78 is 1.55. The number of tetrazole rings is 1. The number of hydrogen-bond donors (Lipinski definition) is 1. The molecule has 1 N–H and O–H groups in total. The number of thioether (sulfide) groups is 1. The number of amides is 2. The van der Waals surface area contributed by atoms with E-state index in [-0.39, 0.29) is 11.8 Å². The summed E-state index contributed by atoms with van der Waals surface area (Å²) in [5.41, 5.74) is 3.00. The van der Waals surface area contributed by atoms with E-state index in [1.165, 1.54) is 11.8 Å². The fourth-order valence-electron chi connectivity index (χ4n) is 3.11. The van der Waals surface area contributed by atoms with Crippen molar-refractivity contribution in [1.82, 2.24) is 30.0 Å². The minimum absolute atomic E-state index is 0.0254. The number of anilines is 1. The Bertz CT molecular complexity index is 826. The first-order chi connectivity index (χ1) is 13.4. The Kier molecular flexibility index (Phi) is 6.63. The van der Waals surface area contributed by atoms with Crippen molar-refractivity contribution in [1.29, 1.82) is 0 Å². The van der Waals surface area contributed by atoms with Crippen LogP contribution < -0.4 is 5.32 Å². The van der Waals surface area contributed by atoms with E-state index >= 15 is 0 Å². The van der Waals surface area contributed by atoms with Crippen LogP contribution in [0.1, 0.15) is 11.1 Å². The Labute approximate surface area is 168 Å². The molecule has 2 amide bonds. The van der Waals surface area contributed by atoms with Gasteiger partial charge in [0.2, 0.25) is 17.0 Å². The van der Waals surface area contributed by atoms with Gasteiger partial charge in [-0.05, 0) is 35.4 Å². The van der Waals surface area contributed by atoms with Gasteiger partial charge in [0.05, 0.1) is 12.3 Å². The highest BCUT2D eigenvalue weighted by molar-refractivity contribution is 7.99. The summed E-state index contributed by atoms with van der Waals surface area (Å²) >= 11 is 1.33. The zero-order valence-electron chi connectivity index (χ0n) is 16.4. The number of benzene rings is 1. The first-order valence-corrected chi connectivity index (χ1v) is 10.1. The van der Waals surface area contributed by atoms with Crippen LogP contribution in [0.4, 0.5) is 5.69 Å². The predicted molar refractivity (Wildman–Crippen MR) is 107 cm³/mol. The molecule has 1 aromatic heterocycles. The average molecular weight is 404 g/mol. The second kappa shape index (κ2) is 9.16. The molecule has 9 nitrogen and oxygen atoms in total. The van der Waals surface area contributed by atoms with Crippen molar-refractivity contribution in [3.05, 3.63) is 29.3 Å². The molecule has 1 aromatic carbocycles. The Hall–Kier alpha value is -2.46. The zero-order chi connectivity index (χ0) is 20.1. The summed E-state index contributed by atoms with van der Waals surface area (Å²) in [4.78, 5) is 28.7. The summed E-state index contributed by atoms with van der Waals surface area (Å²) in [7, 11) is 1.75. The lowest BCUT2D eigenvalue weighted by Crippen LogP contribution is -2.51. The number of hydrogen-bond acceptors (Lipinski definition) is 7. The van der Waals surface area contributed by atoms with Gasteiger partial charge in [-0.2, -0.15) is 0 Å². The third-order valence-electron chi connectivity index (χ3n) is 4.74. The molecule has 0 radical (unpaired) electrons. The standard InChI is InChI=1S/C18H25N7O2S/c1-13-5-4-6-14(2)17(13)19-15(26)11-24-7-9-25(10-8-24)16(27)12-28-18-20-21-22-23(18)3/h4-6H,7-12H2,1-3H3,(H,19,26). The molecule has 10 heteroatoms. The van der Waals surface area contributed by atoms with E-state index in [0.29, 0.717) is 43.6 Å². The minimum Gasteiger partial charge on any atom is -0.339 e. The highest BCUT2D eigenvalue weighted by atomic mass is 32.2. The molecule has 2 aromatic rings. The second-order valence-electron chi connectivity index (χ2n) is 6.85. The van der Waals surface area contributed by atoms with Gasteiger partial charge in [-0.15, -0.1) is 5.10 Å². The first-order valence-electron chi connectivity index (χ1n) is 9.15. The van der Waals surface area contributed by atoms with Gasteiger partial charge in [-0.25, -0.2) is 4.68 Å². The van der Waals surface area contributed by atoms with Crippen molar-refractivity contribution in [3.63, 3.8) is 0 Å². The molecular formula is C18H25N7O2S. The highest BCUT2D eigenvalue weighted by Gasteiger charge is 2.23. The van der Waals surface area contributed by atoms with Crippen LogP contribution in [0.25, 0.3) is 0 Å². The van der Waals surface area contributed by atoms with Crippen molar-refractivity contribution < 1.29 is 9.59 Å². The maximum absolute atomic E-state index is 12.4. The van der Waals surface area contributed by atoms with Crippen LogP contribution in [0.15, 0.2) is 23.4 Å². The molecule has 3 rings (SSSR count). The topological polar surface area (TPSA) is 96.2 Å². The molecule has 1 saturated heterocycles. The van der Waals surface area contributed by atoms with Crippen molar-refractivity contribution in [2.75, 3.05) is 43.8 Å². The molecule has 1 fully saturated rings. The summed E-state index contributed by atoms with van der Waals surface area (Å²) in [6, 6.07) is 5.96. The maximum Gasteiger partial charge on any atom is 0.238 e. The Morgan fingerprint density at radius 1 is 1.14 bits per heavy atom. The van der Waals surface area contributed by atoms with Crippen LogP contribution in [0.3, 0.4) is 0 Å². The van der Waals surface area contributed by atoms with Gasteiger partial charge in [-0.3, -0.25) is 14.5 Å². The van der Waals surface area contributed by atoms with E-state index in [9.17, 15) is 9.59 Å². The fourth-order valence-corrected chi connectivity index (χ4v) is 3.86. The van der Waals surface area contributed by atoms with E-state index in [1.54, 1.807) is 11.7 Å². The molecular weight excluding hydrogens is 378 g/mol. The normalized spacial score (nSPS) is 14.9. The van der Waals surface area contributed by atoms with Crippen molar-refractivity contribution in [2.45, 2.75) is 19.0 Å². The minimum atomic E-state index is -0.0254. The quantitative estimate of drug-likeness (QED) is 0.709. The molecule has 1 aliphatic rings. The summed E-state index contributed by atoms with van der Waals surface area (Å²) in [5, 5.41) is 14.8. The largest absolute Gasteiger partial charge is 0.339 e. The Morgan fingerprint density at radius 2 is 1.82 bits per heavy atom. The molecule has 0 atom stereocenters. The molecule has 1 aliphatic heterocycles. The van der Waals surface area contributed by atoms with Crippen LogP contribution in [0.5, 0.6) is 0 Å². The van der Waals surface area contributed by atoms with E-state index in [2.05, 4.69) is 25.7 Å². The second-order valence-corrected chi connectivity index (χ2v) is 7.79. The van der Waals surface area contributed by atoms with Crippen molar-refractivity contribution >= 4 is 29.3 Å². The van der Waals surface area contributed by atoms with Gasteiger partial charge in [0, 0.05) is 38.9 Å². The molecule has 0 aliphatic carbocycles. The van der Waals surface area contributed by atoms with E-state index < -0.39 is 0 Å². The molecule has 0 bridgehead atoms. The van der Waals surface area contributed by atoms with Gasteiger partial charge >= 0.3 is 0 Å². The van der Waals surface area contributed by atoms with Crippen LogP contribution in [-0.4, -0.2) is 80.3 Å². The summed E-state index contributed by atoms with van der Waals surface area (Å²) in [6.07, 6.45) is 0. The van der Waals surface area contributed by atoms with E-state index in [4.69, 9.17) is 0 Å². The Morgan fingerprint density at radius 3 is 2.43 bits per heavy atom. The van der Waals surface area contributed by atoms with Gasteiger partial charge in [0.1, 0.15) is 0 Å². The van der Waals surface area contributed by atoms with Crippen LogP contribution in [0.2, 0.25) is 0 Å². The number of aromatic nitrogens is 4. The lowest BCUT2D eigenvalue weighted by atomic mass is 10.1. The number of nitrogens with zero attached hydrogens (tertiary/aromatic N) is 6. The molecule has 150 valence electrons. The monoisotopic (exact) mass is 403 g/mol. The van der Waals surface area contributed by atoms with Gasteiger partial charge in [0.25, 0.3) is 0 Å². The van der Waals surface area contributed by atoms with Crippen LogP contribution in [0, 0.1) is 13.8 Å². The number of rotatable bonds is 6. The molecule has 0 saturated carbocycles. The lowest BCUT2D eigenvalue weighted by molar-refractivity contribution is -0.130. The van der Waals surface area contributed by atoms with Gasteiger partial charge < -0.3 is 10.2 Å². The number of carbonyl (C=O) groups excluding carboxylic acids is 2. The fraction of sp³-hybridized carbons (Fsp3) is 0.500. The van der Waals surface area contributed by atoms with Gasteiger partial charge in [0.15, 0.2) is 0 Å². The zero-order valence-corrected chi connectivity index (χ0v) is 17.2. The average Bonchev–Trinajstić information content (AvgIpc) is 3.08. The van der Waals surface area contributed by atoms with Crippen molar-refractivity contribution in [3.8, 4) is 0 Å². The number of piperazine rings is 1. The Balaban J connectivity index is 1.43. The highest BCUT2D eigenvalue weighted by Crippen LogP contribution is 2.19. The molecule has 0 unspecified atom stereocenters. The molecule has 0 spiro atoms. The molecule has 28 heavy (non-hydrogen) atoms. The third-order valence-corrected chi connectivity index (χ3v) is 5.74. The summed E-state index contributed by atoms with van der Waals surface area (Å²) in [6.45, 7) is 6.91. The maximum atomic E-state index is 12.4. The molecule has 2 heterocycles.